The minimum absolute atomic E-state index is 0.420. The quantitative estimate of drug-likeness (QED) is 0.475. The van der Waals surface area contributed by atoms with Gasteiger partial charge in [-0.25, -0.2) is 4.79 Å². The number of imide groups is 1. The van der Waals surface area contributed by atoms with Crippen molar-refractivity contribution in [3.8, 4) is 17.1 Å². The molecule has 0 saturated heterocycles. The second-order valence-electron chi connectivity index (χ2n) is 7.02. The lowest BCUT2D eigenvalue weighted by atomic mass is 10.1. The Labute approximate surface area is 191 Å². The predicted molar refractivity (Wildman–Crippen MR) is 125 cm³/mol. The van der Waals surface area contributed by atoms with Crippen molar-refractivity contribution in [2.75, 3.05) is 14.2 Å². The molecule has 0 spiro atoms. The van der Waals surface area contributed by atoms with E-state index in [2.05, 4.69) is 27.8 Å². The van der Waals surface area contributed by atoms with Crippen molar-refractivity contribution < 1.29 is 14.3 Å². The number of unbranched alkanes of at least 4 members (excludes halogenated alkanes) is 1. The first-order valence-corrected chi connectivity index (χ1v) is 11.3. The highest BCUT2D eigenvalue weighted by Gasteiger charge is 2.27. The number of hydrogen-bond acceptors (Lipinski definition) is 6. The van der Waals surface area contributed by atoms with Gasteiger partial charge in [0.2, 0.25) is 5.91 Å². The van der Waals surface area contributed by atoms with Crippen molar-refractivity contribution in [2.45, 2.75) is 36.7 Å². The fourth-order valence-corrected chi connectivity index (χ4v) is 4.16. The molecule has 32 heavy (non-hydrogen) atoms. The van der Waals surface area contributed by atoms with Gasteiger partial charge in [-0.15, -0.1) is 10.2 Å². The van der Waals surface area contributed by atoms with Crippen LogP contribution in [0.3, 0.4) is 0 Å². The summed E-state index contributed by atoms with van der Waals surface area (Å²) >= 11 is 1.28. The maximum atomic E-state index is 12.9. The molecule has 0 fully saturated rings. The van der Waals surface area contributed by atoms with Gasteiger partial charge in [0, 0.05) is 19.2 Å². The Kier molecular flexibility index (Phi) is 8.27. The first-order valence-electron chi connectivity index (χ1n) is 10.4. The number of benzene rings is 2. The van der Waals surface area contributed by atoms with Gasteiger partial charge in [-0.3, -0.25) is 10.1 Å². The highest BCUT2D eigenvalue weighted by molar-refractivity contribution is 8.00. The molecule has 9 heteroatoms. The topological polar surface area (TPSA) is 98.1 Å². The van der Waals surface area contributed by atoms with Crippen LogP contribution in [0.5, 0.6) is 5.75 Å². The predicted octanol–water partition coefficient (Wildman–Crippen LogP) is 4.04. The van der Waals surface area contributed by atoms with Gasteiger partial charge in [-0.2, -0.15) is 0 Å². The smallest absolute Gasteiger partial charge is 0.321 e. The first-order chi connectivity index (χ1) is 15.6. The molecule has 0 radical (unpaired) electrons. The third kappa shape index (κ3) is 5.67. The monoisotopic (exact) mass is 453 g/mol. The number of thioether (sulfide) groups is 1. The lowest BCUT2D eigenvalue weighted by Crippen LogP contribution is -2.39. The first kappa shape index (κ1) is 23.3. The molecule has 0 saturated carbocycles. The molecular formula is C23H27N5O3S. The van der Waals surface area contributed by atoms with Crippen LogP contribution in [0.15, 0.2) is 59.8 Å². The van der Waals surface area contributed by atoms with Gasteiger partial charge in [-0.05, 0) is 36.2 Å². The van der Waals surface area contributed by atoms with Gasteiger partial charge >= 0.3 is 6.03 Å². The Morgan fingerprint density at radius 3 is 2.44 bits per heavy atom. The lowest BCUT2D eigenvalue weighted by Gasteiger charge is -2.17. The molecule has 0 aliphatic carbocycles. The van der Waals surface area contributed by atoms with E-state index in [1.807, 2.05) is 59.2 Å². The van der Waals surface area contributed by atoms with Crippen molar-refractivity contribution >= 4 is 23.7 Å². The molecule has 2 aromatic carbocycles. The summed E-state index contributed by atoms with van der Waals surface area (Å²) in [5.41, 5.74) is 1.68. The van der Waals surface area contributed by atoms with E-state index < -0.39 is 17.2 Å². The normalized spacial score (nSPS) is 11.6. The van der Waals surface area contributed by atoms with E-state index in [0.29, 0.717) is 11.7 Å². The van der Waals surface area contributed by atoms with Crippen LogP contribution in [0.2, 0.25) is 0 Å². The molecule has 1 atom stereocenters. The van der Waals surface area contributed by atoms with Crippen LogP contribution in [0.4, 0.5) is 4.79 Å². The van der Waals surface area contributed by atoms with Gasteiger partial charge in [-0.1, -0.05) is 55.4 Å². The van der Waals surface area contributed by atoms with E-state index in [-0.39, 0.29) is 0 Å². The minimum Gasteiger partial charge on any atom is -0.497 e. The number of aromatic nitrogens is 3. The number of methoxy groups -OCH3 is 1. The van der Waals surface area contributed by atoms with Crippen LogP contribution in [0.1, 0.15) is 30.6 Å². The molecule has 3 rings (SSSR count). The highest BCUT2D eigenvalue weighted by atomic mass is 32.2. The van der Waals surface area contributed by atoms with E-state index in [1.54, 1.807) is 7.11 Å². The van der Waals surface area contributed by atoms with Crippen LogP contribution < -0.4 is 15.4 Å². The molecule has 1 unspecified atom stereocenters. The summed E-state index contributed by atoms with van der Waals surface area (Å²) in [4.78, 5) is 24.7. The fraction of sp³-hybridized carbons (Fsp3) is 0.304. The summed E-state index contributed by atoms with van der Waals surface area (Å²) in [5, 5.41) is 13.6. The van der Waals surface area contributed by atoms with Crippen LogP contribution in [0, 0.1) is 0 Å². The van der Waals surface area contributed by atoms with Crippen LogP contribution >= 0.6 is 11.8 Å². The summed E-state index contributed by atoms with van der Waals surface area (Å²) in [5.74, 6) is 1.07. The van der Waals surface area contributed by atoms with Crippen LogP contribution in [0.25, 0.3) is 11.4 Å². The standard InChI is InChI=1S/C23H27N5O3S/c1-4-5-15-28-20(17-11-13-18(31-3)14-12-17)26-27-23(28)32-19(16-9-7-6-8-10-16)21(29)25-22(30)24-2/h6-14,19H,4-5,15H2,1-3H3,(H2,24,25,29,30). The molecule has 0 bridgehead atoms. The van der Waals surface area contributed by atoms with E-state index >= 15 is 0 Å². The number of ether oxygens (including phenoxy) is 1. The van der Waals surface area contributed by atoms with Gasteiger partial charge in [0.1, 0.15) is 11.0 Å². The third-order valence-electron chi connectivity index (χ3n) is 4.83. The zero-order valence-corrected chi connectivity index (χ0v) is 19.2. The zero-order chi connectivity index (χ0) is 22.9. The van der Waals surface area contributed by atoms with E-state index in [4.69, 9.17) is 4.74 Å². The van der Waals surface area contributed by atoms with E-state index in [1.165, 1.54) is 18.8 Å². The van der Waals surface area contributed by atoms with Gasteiger partial charge in [0.25, 0.3) is 0 Å². The van der Waals surface area contributed by atoms with Crippen molar-refractivity contribution in [2.24, 2.45) is 0 Å². The Morgan fingerprint density at radius 2 is 1.81 bits per heavy atom. The zero-order valence-electron chi connectivity index (χ0n) is 18.4. The molecule has 8 nitrogen and oxygen atoms in total. The van der Waals surface area contributed by atoms with Crippen molar-refractivity contribution in [3.05, 3.63) is 60.2 Å². The highest BCUT2D eigenvalue weighted by Crippen LogP contribution is 2.36. The lowest BCUT2D eigenvalue weighted by molar-refractivity contribution is -0.119. The summed E-state index contributed by atoms with van der Waals surface area (Å²) in [6.45, 7) is 2.83. The van der Waals surface area contributed by atoms with Gasteiger partial charge < -0.3 is 14.6 Å². The Morgan fingerprint density at radius 1 is 1.09 bits per heavy atom. The Hall–Kier alpha value is -3.33. The molecular weight excluding hydrogens is 426 g/mol. The summed E-state index contributed by atoms with van der Waals surface area (Å²) in [6.07, 6.45) is 1.94. The fourth-order valence-electron chi connectivity index (χ4n) is 3.09. The average molecular weight is 454 g/mol. The van der Waals surface area contributed by atoms with E-state index in [0.717, 1.165) is 35.5 Å². The molecule has 1 heterocycles. The van der Waals surface area contributed by atoms with Crippen LogP contribution in [-0.2, 0) is 11.3 Å². The molecule has 1 aromatic heterocycles. The number of carbonyl (C=O) groups is 2. The Balaban J connectivity index is 1.96. The maximum Gasteiger partial charge on any atom is 0.321 e. The van der Waals surface area contributed by atoms with Crippen LogP contribution in [-0.4, -0.2) is 40.9 Å². The number of urea groups is 1. The molecule has 2 N–H and O–H groups in total. The molecule has 0 aliphatic heterocycles. The molecule has 0 aliphatic rings. The molecule has 3 aromatic rings. The molecule has 168 valence electrons. The average Bonchev–Trinajstić information content (AvgIpc) is 3.23. The number of nitrogens with zero attached hydrogens (tertiary/aromatic N) is 3. The van der Waals surface area contributed by atoms with Crippen molar-refractivity contribution in [3.63, 3.8) is 0 Å². The number of hydrogen-bond donors (Lipinski definition) is 2. The number of rotatable bonds is 9. The van der Waals surface area contributed by atoms with Gasteiger partial charge in [0.15, 0.2) is 11.0 Å². The SMILES string of the molecule is CCCCn1c(SC(C(=O)NC(=O)NC)c2ccccc2)nnc1-c1ccc(OC)cc1. The Bertz CT molecular complexity index is 1040. The largest absolute Gasteiger partial charge is 0.497 e. The van der Waals surface area contributed by atoms with Gasteiger partial charge in [0.05, 0.1) is 7.11 Å². The number of carbonyl (C=O) groups excluding carboxylic acids is 2. The minimum atomic E-state index is -0.665. The maximum absolute atomic E-state index is 12.9. The molecule has 3 amide bonds. The van der Waals surface area contributed by atoms with E-state index in [9.17, 15) is 9.59 Å². The summed E-state index contributed by atoms with van der Waals surface area (Å²) < 4.78 is 7.28. The summed E-state index contributed by atoms with van der Waals surface area (Å²) in [6, 6.07) is 16.4. The van der Waals surface area contributed by atoms with Crippen molar-refractivity contribution in [1.82, 2.24) is 25.4 Å². The number of amides is 3. The van der Waals surface area contributed by atoms with Crippen molar-refractivity contribution in [1.29, 1.82) is 0 Å². The second kappa shape index (κ2) is 11.3. The second-order valence-corrected chi connectivity index (χ2v) is 8.09. The summed E-state index contributed by atoms with van der Waals surface area (Å²) in [7, 11) is 3.09. The third-order valence-corrected chi connectivity index (χ3v) is 6.06. The number of nitrogens with one attached hydrogen (secondary N) is 2.